The Bertz CT molecular complexity index is 805. The number of aromatic nitrogens is 3. The first-order chi connectivity index (χ1) is 12.9. The summed E-state index contributed by atoms with van der Waals surface area (Å²) in [6, 6.07) is 0. The maximum Gasteiger partial charge on any atom is 0.272 e. The van der Waals surface area contributed by atoms with Crippen molar-refractivity contribution in [2.45, 2.75) is 47.0 Å². The highest BCUT2D eigenvalue weighted by Gasteiger charge is 2.25. The Balaban J connectivity index is 1.94. The second-order valence-corrected chi connectivity index (χ2v) is 7.26. The molecule has 7 heteroatoms. The van der Waals surface area contributed by atoms with E-state index in [0.29, 0.717) is 36.2 Å². The zero-order valence-corrected chi connectivity index (χ0v) is 16.8. The van der Waals surface area contributed by atoms with Crippen LogP contribution in [0, 0.1) is 26.7 Å². The fourth-order valence-electron chi connectivity index (χ4n) is 3.57. The lowest BCUT2D eigenvalue weighted by Gasteiger charge is -2.27. The van der Waals surface area contributed by atoms with Gasteiger partial charge in [-0.3, -0.25) is 4.79 Å². The van der Waals surface area contributed by atoms with Crippen molar-refractivity contribution < 1.29 is 14.1 Å². The first-order valence-electron chi connectivity index (χ1n) is 9.56. The second-order valence-electron chi connectivity index (χ2n) is 7.26. The summed E-state index contributed by atoms with van der Waals surface area (Å²) in [5.74, 6) is 1.76. The van der Waals surface area contributed by atoms with Crippen LogP contribution in [0.3, 0.4) is 0 Å². The number of carbonyl (C=O) groups is 1. The monoisotopic (exact) mass is 372 g/mol. The van der Waals surface area contributed by atoms with Crippen molar-refractivity contribution in [3.63, 3.8) is 0 Å². The van der Waals surface area contributed by atoms with Gasteiger partial charge in [-0.25, -0.2) is 9.97 Å². The summed E-state index contributed by atoms with van der Waals surface area (Å²) in [6.07, 6.45) is 2.64. The van der Waals surface area contributed by atoms with Crippen LogP contribution in [0.1, 0.15) is 53.1 Å². The number of nitrogens with zero attached hydrogens (tertiary/aromatic N) is 4. The number of amides is 1. The molecule has 1 fully saturated rings. The maximum absolute atomic E-state index is 13.2. The van der Waals surface area contributed by atoms with Gasteiger partial charge in [-0.05, 0) is 39.5 Å². The highest BCUT2D eigenvalue weighted by atomic mass is 16.5. The summed E-state index contributed by atoms with van der Waals surface area (Å²) >= 11 is 0. The van der Waals surface area contributed by atoms with Crippen LogP contribution in [-0.4, -0.2) is 52.7 Å². The Morgan fingerprint density at radius 3 is 2.48 bits per heavy atom. The molecule has 0 atom stereocenters. The van der Waals surface area contributed by atoms with Gasteiger partial charge in [0.1, 0.15) is 17.3 Å². The molecule has 0 radical (unpaired) electrons. The van der Waals surface area contributed by atoms with Crippen LogP contribution in [0.4, 0.5) is 0 Å². The van der Waals surface area contributed by atoms with Crippen molar-refractivity contribution in [3.8, 4) is 11.3 Å². The highest BCUT2D eigenvalue weighted by molar-refractivity contribution is 5.95. The molecule has 27 heavy (non-hydrogen) atoms. The summed E-state index contributed by atoms with van der Waals surface area (Å²) in [5.41, 5.74) is 3.59. The fourth-order valence-corrected chi connectivity index (χ4v) is 3.57. The van der Waals surface area contributed by atoms with Gasteiger partial charge in [0.15, 0.2) is 0 Å². The van der Waals surface area contributed by atoms with Crippen LogP contribution in [0.25, 0.3) is 11.3 Å². The number of aryl methyl sites for hydroxylation is 3. The average Bonchev–Trinajstić information content (AvgIpc) is 3.00. The summed E-state index contributed by atoms with van der Waals surface area (Å²) in [7, 11) is 1.85. The fraction of sp³-hybridized carbons (Fsp3) is 0.600. The largest absolute Gasteiger partial charge is 0.381 e. The molecule has 0 bridgehead atoms. The van der Waals surface area contributed by atoms with E-state index in [9.17, 15) is 4.79 Å². The van der Waals surface area contributed by atoms with Crippen LogP contribution in [0.2, 0.25) is 0 Å². The van der Waals surface area contributed by atoms with Gasteiger partial charge in [0, 0.05) is 38.8 Å². The molecule has 0 N–H and O–H groups in total. The first-order valence-corrected chi connectivity index (χ1v) is 9.56. The molecule has 1 saturated heterocycles. The summed E-state index contributed by atoms with van der Waals surface area (Å²) in [4.78, 5) is 24.2. The minimum Gasteiger partial charge on any atom is -0.381 e. The molecule has 0 spiro atoms. The van der Waals surface area contributed by atoms with Crippen LogP contribution in [0.15, 0.2) is 4.52 Å². The Labute approximate surface area is 160 Å². The third kappa shape index (κ3) is 4.03. The van der Waals surface area contributed by atoms with E-state index in [0.717, 1.165) is 48.6 Å². The summed E-state index contributed by atoms with van der Waals surface area (Å²) < 4.78 is 10.7. The van der Waals surface area contributed by atoms with Crippen molar-refractivity contribution in [1.29, 1.82) is 0 Å². The third-order valence-electron chi connectivity index (χ3n) is 5.20. The number of hydrogen-bond acceptors (Lipinski definition) is 6. The number of hydrogen-bond donors (Lipinski definition) is 0. The average molecular weight is 372 g/mol. The topological polar surface area (TPSA) is 81.4 Å². The van der Waals surface area contributed by atoms with Crippen molar-refractivity contribution in [2.75, 3.05) is 26.8 Å². The zero-order valence-electron chi connectivity index (χ0n) is 16.8. The van der Waals surface area contributed by atoms with Gasteiger partial charge >= 0.3 is 0 Å². The van der Waals surface area contributed by atoms with Crippen molar-refractivity contribution >= 4 is 5.91 Å². The molecular weight excluding hydrogens is 344 g/mol. The van der Waals surface area contributed by atoms with Crippen molar-refractivity contribution in [3.05, 3.63) is 28.5 Å². The predicted octanol–water partition coefficient (Wildman–Crippen LogP) is 3.12. The van der Waals surface area contributed by atoms with Gasteiger partial charge in [0.25, 0.3) is 5.91 Å². The first kappa shape index (κ1) is 19.5. The molecule has 7 nitrogen and oxygen atoms in total. The molecule has 2 aromatic rings. The summed E-state index contributed by atoms with van der Waals surface area (Å²) in [6.45, 7) is 9.90. The quantitative estimate of drug-likeness (QED) is 0.802. The lowest BCUT2D eigenvalue weighted by Crippen LogP contribution is -2.35. The van der Waals surface area contributed by atoms with E-state index in [1.807, 2.05) is 34.7 Å². The van der Waals surface area contributed by atoms with Crippen LogP contribution in [-0.2, 0) is 11.2 Å². The molecule has 1 aliphatic heterocycles. The predicted molar refractivity (Wildman–Crippen MR) is 102 cm³/mol. The van der Waals surface area contributed by atoms with Gasteiger partial charge < -0.3 is 14.2 Å². The van der Waals surface area contributed by atoms with Crippen LogP contribution >= 0.6 is 0 Å². The lowest BCUT2D eigenvalue weighted by molar-refractivity contribution is 0.0494. The van der Waals surface area contributed by atoms with Gasteiger partial charge in [0.05, 0.1) is 17.0 Å². The maximum atomic E-state index is 13.2. The normalized spacial score (nSPS) is 15.1. The summed E-state index contributed by atoms with van der Waals surface area (Å²) in [5, 5.41) is 4.03. The Kier molecular flexibility index (Phi) is 5.89. The van der Waals surface area contributed by atoms with Crippen molar-refractivity contribution in [2.24, 2.45) is 5.92 Å². The molecule has 1 amide bonds. The van der Waals surface area contributed by atoms with Gasteiger partial charge in [0.2, 0.25) is 0 Å². The molecule has 0 saturated carbocycles. The molecule has 0 aromatic carbocycles. The van der Waals surface area contributed by atoms with Crippen LogP contribution < -0.4 is 0 Å². The zero-order chi connectivity index (χ0) is 19.6. The molecule has 3 rings (SSSR count). The number of ether oxygens (including phenoxy) is 1. The molecular formula is C20H28N4O3. The number of carbonyl (C=O) groups excluding carboxylic acids is 1. The lowest BCUT2D eigenvalue weighted by atomic mass is 9.99. The van der Waals surface area contributed by atoms with Crippen molar-refractivity contribution in [1.82, 2.24) is 20.0 Å². The van der Waals surface area contributed by atoms with Gasteiger partial charge in [-0.15, -0.1) is 0 Å². The van der Waals surface area contributed by atoms with E-state index in [4.69, 9.17) is 9.26 Å². The standard InChI is InChI=1S/C20H28N4O3/c1-6-16-21-18(17-13(3)23-27-14(17)4)12(2)19(22-16)20(25)24(5)11-15-7-9-26-10-8-15/h15H,6-11H2,1-5H3. The second kappa shape index (κ2) is 8.17. The van der Waals surface area contributed by atoms with E-state index in [1.165, 1.54) is 0 Å². The van der Waals surface area contributed by atoms with E-state index in [2.05, 4.69) is 15.1 Å². The molecule has 146 valence electrons. The Morgan fingerprint density at radius 2 is 1.89 bits per heavy atom. The van der Waals surface area contributed by atoms with Gasteiger partial charge in [-0.1, -0.05) is 12.1 Å². The van der Waals surface area contributed by atoms with E-state index in [1.54, 1.807) is 4.90 Å². The van der Waals surface area contributed by atoms with Crippen LogP contribution in [0.5, 0.6) is 0 Å². The van der Waals surface area contributed by atoms with Gasteiger partial charge in [-0.2, -0.15) is 0 Å². The Hall–Kier alpha value is -2.28. The smallest absolute Gasteiger partial charge is 0.272 e. The highest BCUT2D eigenvalue weighted by Crippen LogP contribution is 2.30. The van der Waals surface area contributed by atoms with E-state index < -0.39 is 0 Å². The molecule has 0 unspecified atom stereocenters. The molecule has 3 heterocycles. The molecule has 1 aliphatic rings. The molecule has 2 aromatic heterocycles. The Morgan fingerprint density at radius 1 is 1.19 bits per heavy atom. The minimum atomic E-state index is -0.0656. The van der Waals surface area contributed by atoms with E-state index >= 15 is 0 Å². The number of rotatable bonds is 5. The third-order valence-corrected chi connectivity index (χ3v) is 5.20. The minimum absolute atomic E-state index is 0.0656. The van der Waals surface area contributed by atoms with E-state index in [-0.39, 0.29) is 5.91 Å². The SMILES string of the molecule is CCc1nc(C(=O)N(C)CC2CCOCC2)c(C)c(-c2c(C)noc2C)n1. The molecule has 0 aliphatic carbocycles.